The van der Waals surface area contributed by atoms with E-state index in [4.69, 9.17) is 11.6 Å². The molecule has 0 radical (unpaired) electrons. The number of hydrogen-bond acceptors (Lipinski definition) is 1. The fourth-order valence-electron chi connectivity index (χ4n) is 10.9. The standard InChI is InChI=1S/C56H36ClN/c57-39-21-15-22-40(35-39)58(41-33-34-52-47(36-41)45-26-10-11-28-48(45)55(52,37-17-3-1-4-18-37)38-19-5-2-6-20-38)53-32-16-27-46-44-25-9-14-31-51(44)56(54(46)53)49-29-12-7-23-42(49)43-24-8-13-30-50(43)56/h1-36H. The Labute approximate surface area is 344 Å². The summed E-state index contributed by atoms with van der Waals surface area (Å²) >= 11 is 6.92. The Kier molecular flexibility index (Phi) is 7.18. The van der Waals surface area contributed by atoms with Gasteiger partial charge in [-0.05, 0) is 109 Å². The molecule has 0 fully saturated rings. The molecule has 0 N–H and O–H groups in total. The number of fused-ring (bicyclic) bond motifs is 13. The number of anilines is 3. The summed E-state index contributed by atoms with van der Waals surface area (Å²) in [7, 11) is 0. The lowest BCUT2D eigenvalue weighted by Gasteiger charge is -2.36. The molecule has 1 spiro atoms. The van der Waals surface area contributed by atoms with Gasteiger partial charge in [0.1, 0.15) is 0 Å². The maximum absolute atomic E-state index is 6.92. The lowest BCUT2D eigenvalue weighted by Crippen LogP contribution is -2.29. The minimum absolute atomic E-state index is 0.481. The Morgan fingerprint density at radius 1 is 0.310 bits per heavy atom. The van der Waals surface area contributed by atoms with Gasteiger partial charge in [-0.2, -0.15) is 0 Å². The molecule has 3 aliphatic rings. The fraction of sp³-hybridized carbons (Fsp3) is 0.0357. The monoisotopic (exact) mass is 757 g/mol. The highest BCUT2D eigenvalue weighted by Crippen LogP contribution is 2.65. The molecule has 9 aromatic rings. The largest absolute Gasteiger partial charge is 0.310 e. The Morgan fingerprint density at radius 2 is 0.741 bits per heavy atom. The number of nitrogens with zero attached hydrogens (tertiary/aromatic N) is 1. The van der Waals surface area contributed by atoms with Crippen molar-refractivity contribution in [2.45, 2.75) is 10.8 Å². The van der Waals surface area contributed by atoms with Gasteiger partial charge in [-0.1, -0.05) is 194 Å². The summed E-state index contributed by atoms with van der Waals surface area (Å²) in [6, 6.07) is 80.4. The van der Waals surface area contributed by atoms with E-state index in [0.717, 1.165) is 17.1 Å². The van der Waals surface area contributed by atoms with Crippen LogP contribution in [0.5, 0.6) is 0 Å². The van der Waals surface area contributed by atoms with Gasteiger partial charge in [0.2, 0.25) is 0 Å². The number of rotatable bonds is 5. The van der Waals surface area contributed by atoms with E-state index < -0.39 is 10.8 Å². The lowest BCUT2D eigenvalue weighted by atomic mass is 9.68. The van der Waals surface area contributed by atoms with Crippen LogP contribution in [-0.2, 0) is 10.8 Å². The zero-order valence-corrected chi connectivity index (χ0v) is 32.4. The summed E-state index contributed by atoms with van der Waals surface area (Å²) in [6.45, 7) is 0. The second-order valence-corrected chi connectivity index (χ2v) is 16.1. The van der Waals surface area contributed by atoms with E-state index in [2.05, 4.69) is 217 Å². The zero-order chi connectivity index (χ0) is 38.4. The SMILES string of the molecule is Clc1cccc(N(c2ccc3c(c2)-c2ccccc2C3(c2ccccc2)c2ccccc2)c2cccc3c2C2(c4ccccc4-c4ccccc42)c2ccccc2-3)c1. The van der Waals surface area contributed by atoms with Crippen molar-refractivity contribution in [3.05, 3.63) is 268 Å². The molecule has 0 saturated heterocycles. The second-order valence-electron chi connectivity index (χ2n) is 15.7. The van der Waals surface area contributed by atoms with E-state index in [1.807, 2.05) is 6.07 Å². The summed E-state index contributed by atoms with van der Waals surface area (Å²) < 4.78 is 0. The molecular weight excluding hydrogens is 722 g/mol. The van der Waals surface area contributed by atoms with Crippen LogP contribution in [0.15, 0.2) is 218 Å². The lowest BCUT2D eigenvalue weighted by molar-refractivity contribution is 0.768. The van der Waals surface area contributed by atoms with Gasteiger partial charge < -0.3 is 4.90 Å². The van der Waals surface area contributed by atoms with Gasteiger partial charge in [-0.3, -0.25) is 0 Å². The van der Waals surface area contributed by atoms with Gasteiger partial charge in [-0.25, -0.2) is 0 Å². The van der Waals surface area contributed by atoms with Crippen LogP contribution < -0.4 is 4.90 Å². The average molecular weight is 758 g/mol. The van der Waals surface area contributed by atoms with Gasteiger partial charge >= 0.3 is 0 Å². The van der Waals surface area contributed by atoms with Gasteiger partial charge in [0.05, 0.1) is 16.5 Å². The molecule has 2 heteroatoms. The Hall–Kier alpha value is -6.93. The smallest absolute Gasteiger partial charge is 0.0746 e. The van der Waals surface area contributed by atoms with Gasteiger partial charge in [0.25, 0.3) is 0 Å². The van der Waals surface area contributed by atoms with Crippen LogP contribution in [0.1, 0.15) is 44.5 Å². The van der Waals surface area contributed by atoms with E-state index in [1.54, 1.807) is 0 Å². The molecular formula is C56H36ClN. The van der Waals surface area contributed by atoms with Crippen molar-refractivity contribution in [1.82, 2.24) is 0 Å². The third kappa shape index (κ3) is 4.32. The molecule has 1 nitrogen and oxygen atoms in total. The summed E-state index contributed by atoms with van der Waals surface area (Å²) in [6.07, 6.45) is 0. The second kappa shape index (κ2) is 12.5. The molecule has 0 aromatic heterocycles. The summed E-state index contributed by atoms with van der Waals surface area (Å²) in [5.41, 5.74) is 20.1. The number of benzene rings is 9. The van der Waals surface area contributed by atoms with Crippen molar-refractivity contribution in [1.29, 1.82) is 0 Å². The normalized spacial score (nSPS) is 14.2. The average Bonchev–Trinajstić information content (AvgIpc) is 3.88. The molecule has 0 unspecified atom stereocenters. The highest BCUT2D eigenvalue weighted by Gasteiger charge is 2.53. The van der Waals surface area contributed by atoms with Crippen LogP contribution in [0, 0.1) is 0 Å². The third-order valence-corrected chi connectivity index (χ3v) is 13.2. The molecule has 0 atom stereocenters. The predicted octanol–water partition coefficient (Wildman–Crippen LogP) is 14.5. The first-order chi connectivity index (χ1) is 28.7. The molecule has 0 saturated carbocycles. The van der Waals surface area contributed by atoms with E-state index in [1.165, 1.54) is 77.9 Å². The van der Waals surface area contributed by atoms with Gasteiger partial charge in [0.15, 0.2) is 0 Å². The van der Waals surface area contributed by atoms with Crippen molar-refractivity contribution in [2.24, 2.45) is 0 Å². The molecule has 9 aromatic carbocycles. The van der Waals surface area contributed by atoms with E-state index in [-0.39, 0.29) is 0 Å². The molecule has 58 heavy (non-hydrogen) atoms. The predicted molar refractivity (Wildman–Crippen MR) is 240 cm³/mol. The van der Waals surface area contributed by atoms with Crippen molar-refractivity contribution in [2.75, 3.05) is 4.90 Å². The number of hydrogen-bond donors (Lipinski definition) is 0. The van der Waals surface area contributed by atoms with Crippen LogP contribution in [0.3, 0.4) is 0 Å². The highest BCUT2D eigenvalue weighted by molar-refractivity contribution is 6.30. The van der Waals surface area contributed by atoms with Crippen LogP contribution in [0.2, 0.25) is 5.02 Å². The summed E-state index contributed by atoms with van der Waals surface area (Å²) in [5, 5.41) is 0.698. The summed E-state index contributed by atoms with van der Waals surface area (Å²) in [5.74, 6) is 0. The third-order valence-electron chi connectivity index (χ3n) is 13.0. The van der Waals surface area contributed by atoms with Crippen molar-refractivity contribution < 1.29 is 0 Å². The van der Waals surface area contributed by atoms with Crippen molar-refractivity contribution >= 4 is 28.7 Å². The minimum Gasteiger partial charge on any atom is -0.310 e. The maximum atomic E-state index is 6.92. The molecule has 272 valence electrons. The molecule has 0 amide bonds. The molecule has 12 rings (SSSR count). The Bertz CT molecular complexity index is 2990. The van der Waals surface area contributed by atoms with Crippen LogP contribution >= 0.6 is 11.6 Å². The summed E-state index contributed by atoms with van der Waals surface area (Å²) in [4.78, 5) is 2.45. The zero-order valence-electron chi connectivity index (χ0n) is 31.6. The Morgan fingerprint density at radius 3 is 1.31 bits per heavy atom. The Balaban J connectivity index is 1.17. The minimum atomic E-state index is -0.522. The first-order valence-corrected chi connectivity index (χ1v) is 20.4. The molecule has 0 heterocycles. The fourth-order valence-corrected chi connectivity index (χ4v) is 11.1. The van der Waals surface area contributed by atoms with E-state index in [9.17, 15) is 0 Å². The topological polar surface area (TPSA) is 3.24 Å². The van der Waals surface area contributed by atoms with Crippen molar-refractivity contribution in [3.63, 3.8) is 0 Å². The van der Waals surface area contributed by atoms with Gasteiger partial charge in [-0.15, -0.1) is 0 Å². The van der Waals surface area contributed by atoms with E-state index >= 15 is 0 Å². The first-order valence-electron chi connectivity index (χ1n) is 20.0. The van der Waals surface area contributed by atoms with Crippen LogP contribution in [0.4, 0.5) is 17.1 Å². The van der Waals surface area contributed by atoms with Crippen LogP contribution in [-0.4, -0.2) is 0 Å². The number of halogens is 1. The molecule has 3 aliphatic carbocycles. The molecule has 0 bridgehead atoms. The van der Waals surface area contributed by atoms with Gasteiger partial charge in [0, 0.05) is 22.0 Å². The quantitative estimate of drug-likeness (QED) is 0.169. The van der Waals surface area contributed by atoms with Crippen LogP contribution in [0.25, 0.3) is 33.4 Å². The molecule has 0 aliphatic heterocycles. The maximum Gasteiger partial charge on any atom is 0.0746 e. The first kappa shape index (κ1) is 33.2. The van der Waals surface area contributed by atoms with Crippen molar-refractivity contribution in [3.8, 4) is 33.4 Å². The van der Waals surface area contributed by atoms with E-state index in [0.29, 0.717) is 5.02 Å². The highest BCUT2D eigenvalue weighted by atomic mass is 35.5.